The van der Waals surface area contributed by atoms with E-state index in [1.165, 1.54) is 30.4 Å². The van der Waals surface area contributed by atoms with Crippen LogP contribution in [-0.2, 0) is 20.9 Å². The Morgan fingerprint density at radius 2 is 1.93 bits per heavy atom. The third kappa shape index (κ3) is 5.08. The number of hydrogen-bond donors (Lipinski definition) is 1. The molecule has 0 saturated heterocycles. The molecule has 2 amide bonds. The maximum atomic E-state index is 12.7. The normalized spacial score (nSPS) is 11.5. The first-order valence-electron chi connectivity index (χ1n) is 8.89. The highest BCUT2D eigenvalue weighted by atomic mass is 35.5. The van der Waals surface area contributed by atoms with Crippen LogP contribution in [0.5, 0.6) is 0 Å². The van der Waals surface area contributed by atoms with E-state index in [2.05, 4.69) is 10.3 Å². The van der Waals surface area contributed by atoms with Gasteiger partial charge in [-0.3, -0.25) is 14.4 Å². The Labute approximate surface area is 185 Å². The van der Waals surface area contributed by atoms with Gasteiger partial charge in [0.15, 0.2) is 4.80 Å². The van der Waals surface area contributed by atoms with Gasteiger partial charge in [0.2, 0.25) is 5.91 Å². The molecule has 1 heterocycles. The van der Waals surface area contributed by atoms with Gasteiger partial charge >= 0.3 is 5.97 Å². The average Bonchev–Trinajstić information content (AvgIpc) is 2.97. The van der Waals surface area contributed by atoms with E-state index >= 15 is 0 Å². The molecule has 0 aliphatic heterocycles. The Kier molecular flexibility index (Phi) is 6.91. The second kappa shape index (κ2) is 9.42. The highest BCUT2D eigenvalue weighted by Crippen LogP contribution is 2.24. The first-order chi connectivity index (χ1) is 14.3. The number of halogens is 2. The van der Waals surface area contributed by atoms with E-state index in [1.807, 2.05) is 0 Å². The van der Waals surface area contributed by atoms with Gasteiger partial charge in [0.05, 0.1) is 27.4 Å². The molecule has 2 aromatic carbocycles. The van der Waals surface area contributed by atoms with Gasteiger partial charge in [0.25, 0.3) is 5.91 Å². The van der Waals surface area contributed by atoms with E-state index in [9.17, 15) is 14.4 Å². The molecule has 156 valence electrons. The van der Waals surface area contributed by atoms with Crippen LogP contribution in [0.3, 0.4) is 0 Å². The third-order valence-electron chi connectivity index (χ3n) is 3.95. The number of ether oxygens (including phenoxy) is 1. The molecule has 0 unspecified atom stereocenters. The molecule has 0 saturated carbocycles. The van der Waals surface area contributed by atoms with Gasteiger partial charge < -0.3 is 14.6 Å². The lowest BCUT2D eigenvalue weighted by Gasteiger charge is -2.06. The highest BCUT2D eigenvalue weighted by Gasteiger charge is 2.15. The highest BCUT2D eigenvalue weighted by molar-refractivity contribution is 7.16. The summed E-state index contributed by atoms with van der Waals surface area (Å²) in [5.41, 5.74) is 1.47. The molecule has 3 aromatic rings. The van der Waals surface area contributed by atoms with E-state index in [4.69, 9.17) is 27.9 Å². The molecule has 3 rings (SSSR count). The van der Waals surface area contributed by atoms with Crippen LogP contribution in [0.4, 0.5) is 5.69 Å². The summed E-state index contributed by atoms with van der Waals surface area (Å²) >= 11 is 13.2. The molecular formula is C20H17Cl2N3O4S. The molecule has 10 heteroatoms. The molecule has 0 aliphatic rings. The van der Waals surface area contributed by atoms with Crippen molar-refractivity contribution in [2.24, 2.45) is 4.99 Å². The second-order valence-electron chi connectivity index (χ2n) is 6.18. The number of thiazole rings is 1. The monoisotopic (exact) mass is 465 g/mol. The molecule has 1 N–H and O–H groups in total. The summed E-state index contributed by atoms with van der Waals surface area (Å²) in [6, 6.07) is 9.71. The summed E-state index contributed by atoms with van der Waals surface area (Å²) in [5.74, 6) is -1.23. The average molecular weight is 466 g/mol. The van der Waals surface area contributed by atoms with Crippen LogP contribution < -0.4 is 10.1 Å². The summed E-state index contributed by atoms with van der Waals surface area (Å²) in [6.07, 6.45) is 0. The number of carbonyl (C=O) groups excluding carboxylic acids is 3. The van der Waals surface area contributed by atoms with Crippen molar-refractivity contribution in [2.75, 3.05) is 11.9 Å². The van der Waals surface area contributed by atoms with Gasteiger partial charge in [-0.05, 0) is 43.3 Å². The maximum absolute atomic E-state index is 12.7. The molecule has 0 bridgehead atoms. The fourth-order valence-electron chi connectivity index (χ4n) is 2.74. The lowest BCUT2D eigenvalue weighted by molar-refractivity contribution is -0.143. The van der Waals surface area contributed by atoms with Crippen LogP contribution in [0.2, 0.25) is 10.0 Å². The number of nitrogens with zero attached hydrogens (tertiary/aromatic N) is 2. The van der Waals surface area contributed by atoms with Crippen LogP contribution in [0, 0.1) is 0 Å². The van der Waals surface area contributed by atoms with Crippen LogP contribution in [-0.4, -0.2) is 29.0 Å². The maximum Gasteiger partial charge on any atom is 0.326 e. The number of benzene rings is 2. The number of nitrogens with one attached hydrogen (secondary N) is 1. The van der Waals surface area contributed by atoms with Crippen LogP contribution >= 0.6 is 34.5 Å². The Morgan fingerprint density at radius 1 is 1.17 bits per heavy atom. The number of rotatable bonds is 5. The number of esters is 1. The molecule has 7 nitrogen and oxygen atoms in total. The van der Waals surface area contributed by atoms with Crippen molar-refractivity contribution >= 4 is 68.2 Å². The zero-order valence-corrected chi connectivity index (χ0v) is 18.4. The van der Waals surface area contributed by atoms with Crippen molar-refractivity contribution in [3.63, 3.8) is 0 Å². The summed E-state index contributed by atoms with van der Waals surface area (Å²) < 4.78 is 7.37. The molecular weight excluding hydrogens is 449 g/mol. The van der Waals surface area contributed by atoms with E-state index < -0.39 is 11.9 Å². The van der Waals surface area contributed by atoms with Gasteiger partial charge in [-0.1, -0.05) is 34.5 Å². The van der Waals surface area contributed by atoms with Gasteiger partial charge in [-0.2, -0.15) is 4.99 Å². The zero-order valence-electron chi connectivity index (χ0n) is 16.1. The summed E-state index contributed by atoms with van der Waals surface area (Å²) in [4.78, 5) is 40.7. The Bertz CT molecular complexity index is 1220. The zero-order chi connectivity index (χ0) is 21.8. The van der Waals surface area contributed by atoms with E-state index in [1.54, 1.807) is 35.8 Å². The summed E-state index contributed by atoms with van der Waals surface area (Å²) in [6.45, 7) is 3.24. The van der Waals surface area contributed by atoms with Gasteiger partial charge in [-0.25, -0.2) is 0 Å². The van der Waals surface area contributed by atoms with Crippen molar-refractivity contribution in [1.82, 2.24) is 4.57 Å². The quantitative estimate of drug-likeness (QED) is 0.569. The van der Waals surface area contributed by atoms with Crippen molar-refractivity contribution in [1.29, 1.82) is 0 Å². The molecule has 0 aliphatic carbocycles. The van der Waals surface area contributed by atoms with E-state index in [0.717, 1.165) is 4.70 Å². The van der Waals surface area contributed by atoms with Gasteiger partial charge in [0, 0.05) is 17.6 Å². The fourth-order valence-corrected chi connectivity index (χ4v) is 4.29. The van der Waals surface area contributed by atoms with Crippen LogP contribution in [0.15, 0.2) is 41.4 Å². The van der Waals surface area contributed by atoms with Gasteiger partial charge in [-0.15, -0.1) is 0 Å². The topological polar surface area (TPSA) is 89.8 Å². The smallest absolute Gasteiger partial charge is 0.326 e. The van der Waals surface area contributed by atoms with Crippen molar-refractivity contribution < 1.29 is 19.1 Å². The molecule has 0 atom stereocenters. The molecule has 0 fully saturated rings. The Morgan fingerprint density at radius 3 is 2.60 bits per heavy atom. The number of carbonyl (C=O) groups is 3. The largest absolute Gasteiger partial charge is 0.465 e. The van der Waals surface area contributed by atoms with Crippen molar-refractivity contribution in [3.05, 3.63) is 56.8 Å². The van der Waals surface area contributed by atoms with E-state index in [-0.39, 0.29) is 29.6 Å². The summed E-state index contributed by atoms with van der Waals surface area (Å²) in [7, 11) is 0. The second-order valence-corrected chi connectivity index (χ2v) is 8.03. The summed E-state index contributed by atoms with van der Waals surface area (Å²) in [5, 5.41) is 3.29. The number of fused-ring (bicyclic) bond motifs is 1. The molecule has 30 heavy (non-hydrogen) atoms. The first-order valence-corrected chi connectivity index (χ1v) is 10.5. The lowest BCUT2D eigenvalue weighted by atomic mass is 10.2. The van der Waals surface area contributed by atoms with Crippen molar-refractivity contribution in [3.8, 4) is 0 Å². The minimum absolute atomic E-state index is 0.117. The SMILES string of the molecule is CCOC(=O)Cn1c(=NC(=O)c2ccc(Cl)cc2Cl)sc2cc(NC(C)=O)ccc21. The molecule has 0 spiro atoms. The minimum atomic E-state index is -0.567. The minimum Gasteiger partial charge on any atom is -0.465 e. The Hall–Kier alpha value is -2.68. The first kappa shape index (κ1) is 22.0. The molecule has 0 radical (unpaired) electrons. The van der Waals surface area contributed by atoms with Crippen LogP contribution in [0.1, 0.15) is 24.2 Å². The van der Waals surface area contributed by atoms with Crippen LogP contribution in [0.25, 0.3) is 10.2 Å². The number of anilines is 1. The number of aromatic nitrogens is 1. The standard InChI is InChI=1S/C20H17Cl2N3O4S/c1-3-29-18(27)10-25-16-7-5-13(23-11(2)26)9-17(16)30-20(25)24-19(28)14-6-4-12(21)8-15(14)22/h4-9H,3,10H2,1-2H3,(H,23,26). The third-order valence-corrected chi connectivity index (χ3v) is 5.54. The lowest BCUT2D eigenvalue weighted by Crippen LogP contribution is -2.23. The predicted molar refractivity (Wildman–Crippen MR) is 117 cm³/mol. The van der Waals surface area contributed by atoms with E-state index in [0.29, 0.717) is 21.0 Å². The fraction of sp³-hybridized carbons (Fsp3) is 0.200. The number of amides is 2. The van der Waals surface area contributed by atoms with Crippen molar-refractivity contribution in [2.45, 2.75) is 20.4 Å². The Balaban J connectivity index is 2.12. The number of hydrogen-bond acceptors (Lipinski definition) is 5. The predicted octanol–water partition coefficient (Wildman–Crippen LogP) is 4.27. The van der Waals surface area contributed by atoms with Gasteiger partial charge in [0.1, 0.15) is 6.54 Å². The molecule has 1 aromatic heterocycles.